The Bertz CT molecular complexity index is 550. The molecule has 1 heterocycles. The fourth-order valence-corrected chi connectivity index (χ4v) is 3.62. The minimum absolute atomic E-state index is 0.245. The average molecular weight is 406 g/mol. The van der Waals surface area contributed by atoms with Crippen LogP contribution in [0.2, 0.25) is 18.1 Å². The molecule has 0 unspecified atom stereocenters. The quantitative estimate of drug-likeness (QED) is 0.385. The van der Waals surface area contributed by atoms with Crippen LogP contribution in [0.4, 0.5) is 0 Å². The van der Waals surface area contributed by atoms with Gasteiger partial charge in [0.2, 0.25) is 0 Å². The summed E-state index contributed by atoms with van der Waals surface area (Å²) in [6, 6.07) is 0. The summed E-state index contributed by atoms with van der Waals surface area (Å²) in [5, 5.41) is 4.61. The fourth-order valence-electron chi connectivity index (χ4n) is 1.91. The van der Waals surface area contributed by atoms with Crippen molar-refractivity contribution in [2.24, 2.45) is 0 Å². The Morgan fingerprint density at radius 2 is 1.96 bits per heavy atom. The molecule has 7 heteroatoms. The number of rotatable bonds is 7. The van der Waals surface area contributed by atoms with Crippen molar-refractivity contribution in [1.82, 2.24) is 9.78 Å². The third-order valence-electron chi connectivity index (χ3n) is 4.74. The van der Waals surface area contributed by atoms with Gasteiger partial charge in [-0.2, -0.15) is 0 Å². The van der Waals surface area contributed by atoms with E-state index in [9.17, 15) is 4.79 Å². The Hall–Kier alpha value is -0.663. The minimum atomic E-state index is -2.01. The van der Waals surface area contributed by atoms with Crippen molar-refractivity contribution in [3.63, 3.8) is 0 Å². The molecule has 0 spiro atoms. The van der Waals surface area contributed by atoms with Crippen LogP contribution in [0.1, 0.15) is 50.3 Å². The van der Waals surface area contributed by atoms with Crippen LogP contribution in [0.3, 0.4) is 0 Å². The van der Waals surface area contributed by atoms with E-state index >= 15 is 0 Å². The number of esters is 1. The van der Waals surface area contributed by atoms with Gasteiger partial charge in [-0.05, 0) is 0 Å². The molecule has 0 atom stereocenters. The number of carbonyl (C=O) groups excluding carboxylic acids is 1. The first-order chi connectivity index (χ1) is 10.5. The SMILES string of the molecule is CCOC(=O)c1nn(CCCO[SiH-](C)(C)C(C)(C)C)c(C)c1Br. The van der Waals surface area contributed by atoms with Gasteiger partial charge in [0, 0.05) is 0 Å². The van der Waals surface area contributed by atoms with E-state index in [-0.39, 0.29) is 11.0 Å². The van der Waals surface area contributed by atoms with Gasteiger partial charge in [-0.25, -0.2) is 0 Å². The Balaban J connectivity index is 2.63. The number of nitrogens with zero attached hydrogens (tertiary/aromatic N) is 2. The second-order valence-electron chi connectivity index (χ2n) is 7.53. The number of halogens is 1. The van der Waals surface area contributed by atoms with Crippen molar-refractivity contribution in [3.8, 4) is 0 Å². The van der Waals surface area contributed by atoms with E-state index in [4.69, 9.17) is 9.16 Å². The summed E-state index contributed by atoms with van der Waals surface area (Å²) < 4.78 is 13.8. The Morgan fingerprint density at radius 3 is 2.48 bits per heavy atom. The van der Waals surface area contributed by atoms with E-state index in [1.165, 1.54) is 0 Å². The van der Waals surface area contributed by atoms with Gasteiger partial charge in [0.1, 0.15) is 0 Å². The summed E-state index contributed by atoms with van der Waals surface area (Å²) in [5.41, 5.74) is 1.28. The van der Waals surface area contributed by atoms with E-state index < -0.39 is 8.32 Å². The van der Waals surface area contributed by atoms with Gasteiger partial charge >= 0.3 is 149 Å². The first-order valence-corrected chi connectivity index (χ1v) is 12.4. The van der Waals surface area contributed by atoms with Gasteiger partial charge in [0.05, 0.1) is 0 Å². The molecule has 1 aromatic rings. The van der Waals surface area contributed by atoms with Crippen LogP contribution >= 0.6 is 15.9 Å². The third-order valence-corrected chi connectivity index (χ3v) is 10.9. The average Bonchev–Trinajstić information content (AvgIpc) is 2.71. The van der Waals surface area contributed by atoms with Crippen molar-refractivity contribution >= 4 is 30.2 Å². The second kappa shape index (κ2) is 7.94. The van der Waals surface area contributed by atoms with E-state index in [1.807, 2.05) is 11.6 Å². The van der Waals surface area contributed by atoms with Crippen molar-refractivity contribution in [3.05, 3.63) is 15.9 Å². The van der Waals surface area contributed by atoms with Crippen LogP contribution in [0.5, 0.6) is 0 Å². The van der Waals surface area contributed by atoms with Crippen LogP contribution in [-0.2, 0) is 15.7 Å². The molecule has 0 radical (unpaired) electrons. The summed E-state index contributed by atoms with van der Waals surface area (Å²) in [4.78, 5) is 11.9. The molecule has 0 aromatic carbocycles. The molecule has 134 valence electrons. The summed E-state index contributed by atoms with van der Waals surface area (Å²) in [5.74, 6) is -0.389. The maximum absolute atomic E-state index is 11.9. The van der Waals surface area contributed by atoms with Crippen LogP contribution in [0, 0.1) is 6.92 Å². The standard InChI is InChI=1S/C16H30BrN2O3Si/c1-8-21-15(20)14-13(17)12(2)19(18-14)10-9-11-22-23(6,7)16(3,4)5/h23H,8-11H2,1-7H3/q-1. The fraction of sp³-hybridized carbons (Fsp3) is 0.750. The molecule has 1 rings (SSSR count). The third kappa shape index (κ3) is 5.16. The zero-order valence-electron chi connectivity index (χ0n) is 15.4. The molecule has 0 saturated carbocycles. The molecule has 0 fully saturated rings. The van der Waals surface area contributed by atoms with Crippen LogP contribution < -0.4 is 0 Å². The monoisotopic (exact) mass is 405 g/mol. The first-order valence-electron chi connectivity index (χ1n) is 8.27. The van der Waals surface area contributed by atoms with Gasteiger partial charge in [-0.3, -0.25) is 0 Å². The van der Waals surface area contributed by atoms with E-state index in [0.717, 1.165) is 25.3 Å². The summed E-state index contributed by atoms with van der Waals surface area (Å²) >= 11 is 3.43. The molecular weight excluding hydrogens is 376 g/mol. The molecule has 0 aliphatic heterocycles. The van der Waals surface area contributed by atoms with Crippen LogP contribution in [0.15, 0.2) is 4.47 Å². The Kier molecular flexibility index (Phi) is 7.04. The summed E-state index contributed by atoms with van der Waals surface area (Å²) in [6.45, 7) is 16.8. The zero-order chi connectivity index (χ0) is 17.8. The molecule has 0 saturated heterocycles. The molecule has 0 aliphatic carbocycles. The van der Waals surface area contributed by atoms with E-state index in [2.05, 4.69) is 54.9 Å². The molecule has 1 aromatic heterocycles. The van der Waals surface area contributed by atoms with Crippen molar-refractivity contribution in [2.75, 3.05) is 13.2 Å². The van der Waals surface area contributed by atoms with E-state index in [0.29, 0.717) is 16.8 Å². The number of hydrogen-bond donors (Lipinski definition) is 0. The van der Waals surface area contributed by atoms with Gasteiger partial charge in [-0.15, -0.1) is 0 Å². The molecule has 5 nitrogen and oxygen atoms in total. The van der Waals surface area contributed by atoms with E-state index in [1.54, 1.807) is 6.92 Å². The van der Waals surface area contributed by atoms with Gasteiger partial charge < -0.3 is 0 Å². The topological polar surface area (TPSA) is 53.3 Å². The Morgan fingerprint density at radius 1 is 1.35 bits per heavy atom. The molecule has 0 amide bonds. The molecule has 0 bridgehead atoms. The number of carbonyl (C=O) groups is 1. The van der Waals surface area contributed by atoms with Crippen molar-refractivity contribution in [1.29, 1.82) is 0 Å². The number of hydrogen-bond acceptors (Lipinski definition) is 4. The molecule has 23 heavy (non-hydrogen) atoms. The Labute approximate surface area is 149 Å². The van der Waals surface area contributed by atoms with Gasteiger partial charge in [0.25, 0.3) is 0 Å². The van der Waals surface area contributed by atoms with Crippen molar-refractivity contribution in [2.45, 2.75) is 65.7 Å². The predicted octanol–water partition coefficient (Wildman–Crippen LogP) is 4.27. The number of aryl methyl sites for hydroxylation is 1. The van der Waals surface area contributed by atoms with Crippen LogP contribution in [0.25, 0.3) is 0 Å². The summed E-state index contributed by atoms with van der Waals surface area (Å²) in [6.07, 6.45) is 0.872. The number of aromatic nitrogens is 2. The van der Waals surface area contributed by atoms with Crippen molar-refractivity contribution < 1.29 is 14.0 Å². The molecule has 0 aliphatic rings. The van der Waals surface area contributed by atoms with Gasteiger partial charge in [-0.1, -0.05) is 0 Å². The summed E-state index contributed by atoms with van der Waals surface area (Å²) in [7, 11) is -2.01. The van der Waals surface area contributed by atoms with Crippen LogP contribution in [-0.4, -0.2) is 37.3 Å². The molecule has 0 N–H and O–H groups in total. The predicted molar refractivity (Wildman–Crippen MR) is 99.8 cm³/mol. The molecular formula is C16H30BrN2O3Si-. The normalized spacial score (nSPS) is 13.2. The second-order valence-corrected chi connectivity index (χ2v) is 13.9. The van der Waals surface area contributed by atoms with Gasteiger partial charge in [0.15, 0.2) is 0 Å². The first kappa shape index (κ1) is 20.4. The maximum atomic E-state index is 11.9. The zero-order valence-corrected chi connectivity index (χ0v) is 18.1. The number of ether oxygens (including phenoxy) is 1.